The lowest BCUT2D eigenvalue weighted by atomic mass is 10.2. The molecular formula is C11H18N4. The summed E-state index contributed by atoms with van der Waals surface area (Å²) in [6.45, 7) is 9.22. The number of nitrogens with zero attached hydrogens (tertiary/aromatic N) is 3. The number of rotatable bonds is 1. The van der Waals surface area contributed by atoms with Crippen molar-refractivity contribution in [2.75, 3.05) is 24.5 Å². The molecule has 4 nitrogen and oxygen atoms in total. The van der Waals surface area contributed by atoms with E-state index in [9.17, 15) is 0 Å². The van der Waals surface area contributed by atoms with Crippen molar-refractivity contribution in [1.29, 1.82) is 0 Å². The molecule has 0 saturated carbocycles. The molecular weight excluding hydrogens is 188 g/mol. The van der Waals surface area contributed by atoms with Crippen LogP contribution < -0.4 is 10.2 Å². The minimum atomic E-state index is 0.517. The minimum absolute atomic E-state index is 0.517. The molecule has 1 N–H and O–H groups in total. The first-order valence-electron chi connectivity index (χ1n) is 5.46. The predicted molar refractivity (Wildman–Crippen MR) is 61.2 cm³/mol. The van der Waals surface area contributed by atoms with Gasteiger partial charge in [-0.1, -0.05) is 0 Å². The van der Waals surface area contributed by atoms with Crippen molar-refractivity contribution in [3.63, 3.8) is 0 Å². The number of piperazine rings is 1. The van der Waals surface area contributed by atoms with E-state index in [4.69, 9.17) is 0 Å². The van der Waals surface area contributed by atoms with Gasteiger partial charge in [-0.05, 0) is 26.8 Å². The Balaban J connectivity index is 2.20. The van der Waals surface area contributed by atoms with Crippen LogP contribution in [0.5, 0.6) is 0 Å². The molecule has 0 unspecified atom stereocenters. The Bertz CT molecular complexity index is 330. The molecule has 1 fully saturated rings. The quantitative estimate of drug-likeness (QED) is 0.741. The topological polar surface area (TPSA) is 41.1 Å². The first-order valence-corrected chi connectivity index (χ1v) is 5.46. The van der Waals surface area contributed by atoms with E-state index in [0.29, 0.717) is 6.04 Å². The summed E-state index contributed by atoms with van der Waals surface area (Å²) in [5.74, 6) is 0.876. The van der Waals surface area contributed by atoms with Crippen LogP contribution in [0.15, 0.2) is 6.07 Å². The van der Waals surface area contributed by atoms with E-state index in [1.807, 2.05) is 19.9 Å². The number of anilines is 1. The number of aromatic nitrogens is 2. The molecule has 0 aliphatic carbocycles. The largest absolute Gasteiger partial charge is 0.338 e. The number of hydrogen-bond donors (Lipinski definition) is 1. The molecule has 2 rings (SSSR count). The Morgan fingerprint density at radius 2 is 2.00 bits per heavy atom. The molecule has 1 atom stereocenters. The standard InChI is InChI=1S/C11H18N4/c1-8-6-9(2)14-11(13-8)15-5-4-12-10(3)7-15/h6,10,12H,4-5,7H2,1-3H3/t10-/m0/s1. The lowest BCUT2D eigenvalue weighted by Crippen LogP contribution is -2.49. The summed E-state index contributed by atoms with van der Waals surface area (Å²) in [5.41, 5.74) is 2.09. The number of nitrogens with one attached hydrogen (secondary N) is 1. The molecule has 1 aliphatic heterocycles. The summed E-state index contributed by atoms with van der Waals surface area (Å²) in [5, 5.41) is 3.41. The van der Waals surface area contributed by atoms with Gasteiger partial charge in [-0.2, -0.15) is 0 Å². The van der Waals surface area contributed by atoms with Gasteiger partial charge in [0, 0.05) is 37.1 Å². The Labute approximate surface area is 90.7 Å². The van der Waals surface area contributed by atoms with Gasteiger partial charge in [0.1, 0.15) is 0 Å². The predicted octanol–water partition coefficient (Wildman–Crippen LogP) is 0.892. The maximum atomic E-state index is 4.48. The van der Waals surface area contributed by atoms with Crippen molar-refractivity contribution >= 4 is 5.95 Å². The monoisotopic (exact) mass is 206 g/mol. The molecule has 0 radical (unpaired) electrons. The maximum absolute atomic E-state index is 4.48. The first-order chi connectivity index (χ1) is 7.15. The molecule has 0 spiro atoms. The molecule has 82 valence electrons. The van der Waals surface area contributed by atoms with Gasteiger partial charge in [0.25, 0.3) is 0 Å². The fraction of sp³-hybridized carbons (Fsp3) is 0.636. The average Bonchev–Trinajstić information content (AvgIpc) is 2.16. The van der Waals surface area contributed by atoms with E-state index >= 15 is 0 Å². The Hall–Kier alpha value is -1.16. The second-order valence-corrected chi connectivity index (χ2v) is 4.25. The third kappa shape index (κ3) is 2.45. The summed E-state index contributed by atoms with van der Waals surface area (Å²) < 4.78 is 0. The molecule has 0 amide bonds. The average molecular weight is 206 g/mol. The summed E-state index contributed by atoms with van der Waals surface area (Å²) in [7, 11) is 0. The smallest absolute Gasteiger partial charge is 0.225 e. The zero-order valence-electron chi connectivity index (χ0n) is 9.62. The summed E-state index contributed by atoms with van der Waals surface area (Å²) in [6.07, 6.45) is 0. The van der Waals surface area contributed by atoms with Crippen LogP contribution >= 0.6 is 0 Å². The normalized spacial score (nSPS) is 21.8. The SMILES string of the molecule is Cc1cc(C)nc(N2CCN[C@@H](C)C2)n1. The van der Waals surface area contributed by atoms with Crippen LogP contribution in [-0.4, -0.2) is 35.6 Å². The molecule has 15 heavy (non-hydrogen) atoms. The van der Waals surface area contributed by atoms with Crippen LogP contribution in [0.3, 0.4) is 0 Å². The molecule has 1 aliphatic rings. The van der Waals surface area contributed by atoms with Crippen LogP contribution in [0.1, 0.15) is 18.3 Å². The lowest BCUT2D eigenvalue weighted by molar-refractivity contribution is 0.479. The molecule has 1 aromatic rings. The molecule has 1 saturated heterocycles. The Morgan fingerprint density at radius 3 is 2.60 bits per heavy atom. The highest BCUT2D eigenvalue weighted by Gasteiger charge is 2.18. The number of aryl methyl sites for hydroxylation is 2. The van der Waals surface area contributed by atoms with Crippen LogP contribution in [0, 0.1) is 13.8 Å². The fourth-order valence-electron chi connectivity index (χ4n) is 1.96. The van der Waals surface area contributed by atoms with Gasteiger partial charge in [0.05, 0.1) is 0 Å². The van der Waals surface area contributed by atoms with Gasteiger partial charge in [-0.3, -0.25) is 0 Å². The van der Waals surface area contributed by atoms with Crippen LogP contribution in [0.2, 0.25) is 0 Å². The van der Waals surface area contributed by atoms with Crippen molar-refractivity contribution in [3.05, 3.63) is 17.5 Å². The first kappa shape index (κ1) is 10.4. The maximum Gasteiger partial charge on any atom is 0.225 e. The third-order valence-electron chi connectivity index (χ3n) is 2.62. The highest BCUT2D eigenvalue weighted by molar-refractivity contribution is 5.33. The number of hydrogen-bond acceptors (Lipinski definition) is 4. The molecule has 1 aromatic heterocycles. The Kier molecular flexibility index (Phi) is 2.86. The summed E-state index contributed by atoms with van der Waals surface area (Å²) in [6, 6.07) is 2.53. The second kappa shape index (κ2) is 4.14. The van der Waals surface area contributed by atoms with Gasteiger partial charge in [-0.15, -0.1) is 0 Å². The van der Waals surface area contributed by atoms with Gasteiger partial charge in [0.2, 0.25) is 5.95 Å². The van der Waals surface area contributed by atoms with Crippen molar-refractivity contribution in [2.24, 2.45) is 0 Å². The van der Waals surface area contributed by atoms with E-state index < -0.39 is 0 Å². The van der Waals surface area contributed by atoms with E-state index in [1.165, 1.54) is 0 Å². The van der Waals surface area contributed by atoms with E-state index in [-0.39, 0.29) is 0 Å². The highest BCUT2D eigenvalue weighted by atomic mass is 15.3. The highest BCUT2D eigenvalue weighted by Crippen LogP contribution is 2.11. The van der Waals surface area contributed by atoms with Gasteiger partial charge >= 0.3 is 0 Å². The fourth-order valence-corrected chi connectivity index (χ4v) is 1.96. The van der Waals surface area contributed by atoms with Crippen molar-refractivity contribution in [3.8, 4) is 0 Å². The van der Waals surface area contributed by atoms with Crippen LogP contribution in [-0.2, 0) is 0 Å². The van der Waals surface area contributed by atoms with Crippen molar-refractivity contribution in [2.45, 2.75) is 26.8 Å². The summed E-state index contributed by atoms with van der Waals surface area (Å²) >= 11 is 0. The van der Waals surface area contributed by atoms with Crippen LogP contribution in [0.25, 0.3) is 0 Å². The lowest BCUT2D eigenvalue weighted by Gasteiger charge is -2.32. The Morgan fingerprint density at radius 1 is 1.33 bits per heavy atom. The molecule has 2 heterocycles. The van der Waals surface area contributed by atoms with E-state index in [0.717, 1.165) is 37.0 Å². The molecule has 0 aromatic carbocycles. The van der Waals surface area contributed by atoms with E-state index in [2.05, 4.69) is 27.1 Å². The van der Waals surface area contributed by atoms with Gasteiger partial charge < -0.3 is 10.2 Å². The molecule has 4 heteroatoms. The van der Waals surface area contributed by atoms with E-state index in [1.54, 1.807) is 0 Å². The zero-order chi connectivity index (χ0) is 10.8. The second-order valence-electron chi connectivity index (χ2n) is 4.25. The minimum Gasteiger partial charge on any atom is -0.338 e. The summed E-state index contributed by atoms with van der Waals surface area (Å²) in [4.78, 5) is 11.2. The van der Waals surface area contributed by atoms with Gasteiger partial charge in [0.15, 0.2) is 0 Å². The van der Waals surface area contributed by atoms with Crippen molar-refractivity contribution in [1.82, 2.24) is 15.3 Å². The van der Waals surface area contributed by atoms with Gasteiger partial charge in [-0.25, -0.2) is 9.97 Å². The zero-order valence-corrected chi connectivity index (χ0v) is 9.62. The van der Waals surface area contributed by atoms with Crippen LogP contribution in [0.4, 0.5) is 5.95 Å². The van der Waals surface area contributed by atoms with Crippen molar-refractivity contribution < 1.29 is 0 Å². The third-order valence-corrected chi connectivity index (χ3v) is 2.62. The molecule has 0 bridgehead atoms.